The number of halogens is 2. The molecule has 1 amide bonds. The van der Waals surface area contributed by atoms with Crippen molar-refractivity contribution in [2.45, 2.75) is 5.92 Å². The molecule has 0 aliphatic rings. The summed E-state index contributed by atoms with van der Waals surface area (Å²) in [6.45, 7) is -1.74. The molecule has 4 N–H and O–H groups in total. The lowest BCUT2D eigenvalue weighted by molar-refractivity contribution is 0.0118. The minimum atomic E-state index is -3.17. The number of carbonyl (C=O) groups excluding carboxylic acids is 1. The summed E-state index contributed by atoms with van der Waals surface area (Å²) >= 11 is 0. The number of aromatic hydroxyl groups is 1. The van der Waals surface area contributed by atoms with E-state index in [1.807, 2.05) is 5.32 Å². The van der Waals surface area contributed by atoms with Gasteiger partial charge in [-0.25, -0.2) is 8.78 Å². The normalized spacial score (nSPS) is 11.1. The van der Waals surface area contributed by atoms with E-state index in [1.54, 1.807) is 0 Å². The van der Waals surface area contributed by atoms with E-state index in [2.05, 4.69) is 0 Å². The minimum Gasteiger partial charge on any atom is -0.507 e. The van der Waals surface area contributed by atoms with Gasteiger partial charge in [-0.05, 0) is 12.1 Å². The average molecular weight is 260 g/mol. The second kappa shape index (κ2) is 5.63. The van der Waals surface area contributed by atoms with Gasteiger partial charge in [0.05, 0.1) is 25.8 Å². The third-order valence-corrected chi connectivity index (χ3v) is 2.26. The number of carbonyl (C=O) groups is 1. The number of phenolic OH excluding ortho intramolecular Hbond substituents is 1. The molecule has 1 rings (SSSR count). The van der Waals surface area contributed by atoms with Gasteiger partial charge in [-0.2, -0.15) is 0 Å². The maximum absolute atomic E-state index is 12.8. The Morgan fingerprint density at radius 3 is 2.72 bits per heavy atom. The molecular formula is C11H14F2N2O3. The highest BCUT2D eigenvalue weighted by Crippen LogP contribution is 2.23. The van der Waals surface area contributed by atoms with Gasteiger partial charge in [-0.3, -0.25) is 4.79 Å². The molecular weight excluding hydrogens is 246 g/mol. The molecule has 1 aromatic rings. The van der Waals surface area contributed by atoms with E-state index in [-0.39, 0.29) is 11.3 Å². The summed E-state index contributed by atoms with van der Waals surface area (Å²) in [6.07, 6.45) is 0. The Balaban J connectivity index is 2.73. The zero-order valence-electron chi connectivity index (χ0n) is 9.74. The number of nitrogens with two attached hydrogens (primary N) is 1. The first-order valence-corrected chi connectivity index (χ1v) is 5.13. The molecule has 7 heteroatoms. The van der Waals surface area contributed by atoms with E-state index >= 15 is 0 Å². The molecule has 0 aliphatic heterocycles. The zero-order chi connectivity index (χ0) is 13.8. The van der Waals surface area contributed by atoms with Gasteiger partial charge < -0.3 is 20.9 Å². The van der Waals surface area contributed by atoms with Crippen molar-refractivity contribution in [2.75, 3.05) is 20.2 Å². The van der Waals surface area contributed by atoms with E-state index in [0.717, 1.165) is 0 Å². The molecule has 0 saturated heterocycles. The molecule has 0 aromatic heterocycles. The highest BCUT2D eigenvalue weighted by molar-refractivity contribution is 5.97. The quantitative estimate of drug-likeness (QED) is 0.728. The lowest BCUT2D eigenvalue weighted by Crippen LogP contribution is -2.41. The number of rotatable bonds is 5. The van der Waals surface area contributed by atoms with Crippen molar-refractivity contribution in [1.29, 1.82) is 0 Å². The number of amides is 1. The number of alkyl halides is 2. The maximum atomic E-state index is 12.8. The Bertz CT molecular complexity index is 438. The smallest absolute Gasteiger partial charge is 0.277 e. The van der Waals surface area contributed by atoms with Crippen molar-refractivity contribution in [3.8, 4) is 11.5 Å². The summed E-state index contributed by atoms with van der Waals surface area (Å²) in [6, 6.07) is 3.94. The molecule has 0 spiro atoms. The van der Waals surface area contributed by atoms with Crippen LogP contribution in [0.1, 0.15) is 10.4 Å². The predicted octanol–water partition coefficient (Wildman–Crippen LogP) is 0.725. The highest BCUT2D eigenvalue weighted by Gasteiger charge is 2.27. The van der Waals surface area contributed by atoms with Crippen LogP contribution in [-0.2, 0) is 0 Å². The van der Waals surface area contributed by atoms with Crippen molar-refractivity contribution < 1.29 is 23.4 Å². The van der Waals surface area contributed by atoms with Crippen molar-refractivity contribution in [3.63, 3.8) is 0 Å². The van der Waals surface area contributed by atoms with Gasteiger partial charge in [-0.15, -0.1) is 0 Å². The summed E-state index contributed by atoms with van der Waals surface area (Å²) in [7, 11) is 1.40. The molecule has 1 aromatic carbocycles. The molecule has 18 heavy (non-hydrogen) atoms. The molecule has 0 unspecified atom stereocenters. The Kier molecular flexibility index (Phi) is 4.43. The van der Waals surface area contributed by atoms with Crippen LogP contribution in [0, 0.1) is 0 Å². The standard InChI is InChI=1S/C11H14F2N2O3/c1-18-7-2-3-8(9(16)4-7)10(17)15-6-11(12,13)5-14/h2-4,16H,5-6,14H2,1H3,(H,15,17). The SMILES string of the molecule is COc1ccc(C(=O)NCC(F)(F)CN)c(O)c1. The fourth-order valence-corrected chi connectivity index (χ4v) is 1.21. The fraction of sp³-hybridized carbons (Fsp3) is 0.364. The number of phenols is 1. The maximum Gasteiger partial charge on any atom is 0.277 e. The van der Waals surface area contributed by atoms with Crippen molar-refractivity contribution in [3.05, 3.63) is 23.8 Å². The molecule has 0 bridgehead atoms. The molecule has 0 aliphatic carbocycles. The Hall–Kier alpha value is -1.89. The van der Waals surface area contributed by atoms with Crippen LogP contribution in [0.25, 0.3) is 0 Å². The molecule has 0 saturated carbocycles. The Labute approximate surface area is 103 Å². The van der Waals surface area contributed by atoms with Crippen LogP contribution in [0.15, 0.2) is 18.2 Å². The first-order chi connectivity index (χ1) is 8.39. The summed E-state index contributed by atoms with van der Waals surface area (Å²) in [5.41, 5.74) is 4.72. The topological polar surface area (TPSA) is 84.6 Å². The number of hydrogen-bond donors (Lipinski definition) is 3. The number of nitrogens with one attached hydrogen (secondary N) is 1. The number of ether oxygens (including phenoxy) is 1. The van der Waals surface area contributed by atoms with Crippen LogP contribution in [-0.4, -0.2) is 37.1 Å². The predicted molar refractivity (Wildman–Crippen MR) is 61.0 cm³/mol. The molecule has 0 fully saturated rings. The second-order valence-electron chi connectivity index (χ2n) is 3.63. The van der Waals surface area contributed by atoms with Gasteiger partial charge in [0.25, 0.3) is 11.8 Å². The molecule has 0 radical (unpaired) electrons. The van der Waals surface area contributed by atoms with E-state index in [4.69, 9.17) is 10.5 Å². The average Bonchev–Trinajstić information content (AvgIpc) is 2.36. The monoisotopic (exact) mass is 260 g/mol. The molecule has 5 nitrogen and oxygen atoms in total. The summed E-state index contributed by atoms with van der Waals surface area (Å²) in [5.74, 6) is -3.96. The third-order valence-electron chi connectivity index (χ3n) is 2.26. The van der Waals surface area contributed by atoms with Crippen LogP contribution >= 0.6 is 0 Å². The minimum absolute atomic E-state index is 0.108. The lowest BCUT2D eigenvalue weighted by Gasteiger charge is -2.15. The van der Waals surface area contributed by atoms with Crippen LogP contribution in [0.3, 0.4) is 0 Å². The fourth-order valence-electron chi connectivity index (χ4n) is 1.21. The van der Waals surface area contributed by atoms with E-state index in [0.29, 0.717) is 5.75 Å². The van der Waals surface area contributed by atoms with E-state index in [1.165, 1.54) is 25.3 Å². The number of hydrogen-bond acceptors (Lipinski definition) is 4. The second-order valence-corrected chi connectivity index (χ2v) is 3.63. The van der Waals surface area contributed by atoms with Gasteiger partial charge in [0.1, 0.15) is 11.5 Å². The van der Waals surface area contributed by atoms with Crippen LogP contribution in [0.2, 0.25) is 0 Å². The summed E-state index contributed by atoms with van der Waals surface area (Å²) in [5, 5.41) is 11.5. The van der Waals surface area contributed by atoms with Gasteiger partial charge in [0.15, 0.2) is 0 Å². The van der Waals surface area contributed by atoms with Crippen molar-refractivity contribution in [2.24, 2.45) is 5.73 Å². The first-order valence-electron chi connectivity index (χ1n) is 5.13. The van der Waals surface area contributed by atoms with Crippen LogP contribution < -0.4 is 15.8 Å². The third kappa shape index (κ3) is 3.56. The summed E-state index contributed by atoms with van der Waals surface area (Å²) < 4.78 is 30.5. The Morgan fingerprint density at radius 1 is 1.56 bits per heavy atom. The molecule has 100 valence electrons. The van der Waals surface area contributed by atoms with Gasteiger partial charge >= 0.3 is 0 Å². The summed E-state index contributed by atoms with van der Waals surface area (Å²) in [4.78, 5) is 11.5. The lowest BCUT2D eigenvalue weighted by atomic mass is 10.1. The van der Waals surface area contributed by atoms with Gasteiger partial charge in [-0.1, -0.05) is 0 Å². The largest absolute Gasteiger partial charge is 0.507 e. The van der Waals surface area contributed by atoms with E-state index in [9.17, 15) is 18.7 Å². The molecule has 0 atom stereocenters. The first kappa shape index (κ1) is 14.2. The van der Waals surface area contributed by atoms with Crippen molar-refractivity contribution >= 4 is 5.91 Å². The van der Waals surface area contributed by atoms with Crippen LogP contribution in [0.5, 0.6) is 11.5 Å². The van der Waals surface area contributed by atoms with Gasteiger partial charge in [0.2, 0.25) is 0 Å². The highest BCUT2D eigenvalue weighted by atomic mass is 19.3. The van der Waals surface area contributed by atoms with E-state index < -0.39 is 24.9 Å². The number of methoxy groups -OCH3 is 1. The van der Waals surface area contributed by atoms with Crippen LogP contribution in [0.4, 0.5) is 8.78 Å². The zero-order valence-corrected chi connectivity index (χ0v) is 9.74. The van der Waals surface area contributed by atoms with Crippen molar-refractivity contribution in [1.82, 2.24) is 5.32 Å². The number of benzene rings is 1. The van der Waals surface area contributed by atoms with Gasteiger partial charge in [0, 0.05) is 6.07 Å². The molecule has 0 heterocycles. The Morgan fingerprint density at radius 2 is 2.22 bits per heavy atom.